The Morgan fingerprint density at radius 3 is 2.67 bits per heavy atom. The average Bonchev–Trinajstić information content (AvgIpc) is 2.26. The minimum absolute atomic E-state index is 0.777. The van der Waals surface area contributed by atoms with Crippen molar-refractivity contribution < 1.29 is 9.47 Å². The number of nitrogens with one attached hydrogen (secondary N) is 1. The van der Waals surface area contributed by atoms with Crippen molar-refractivity contribution in [2.75, 3.05) is 40.0 Å². The maximum atomic E-state index is 5.39. The van der Waals surface area contributed by atoms with Crippen LogP contribution in [0.5, 0.6) is 0 Å². The lowest BCUT2D eigenvalue weighted by molar-refractivity contribution is 0.104. The third kappa shape index (κ3) is 13.4. The van der Waals surface area contributed by atoms with Gasteiger partial charge < -0.3 is 14.8 Å². The molecule has 1 N–H and O–H groups in total. The van der Waals surface area contributed by atoms with Gasteiger partial charge in [0.2, 0.25) is 0 Å². The van der Waals surface area contributed by atoms with E-state index in [1.807, 2.05) is 0 Å². The Balaban J connectivity index is 2.84. The van der Waals surface area contributed by atoms with Gasteiger partial charge in [0, 0.05) is 33.3 Å². The van der Waals surface area contributed by atoms with Crippen LogP contribution in [0, 0.1) is 12.3 Å². The number of rotatable bonds is 11. The fourth-order valence-corrected chi connectivity index (χ4v) is 1.15. The number of hydrogen-bond acceptors (Lipinski definition) is 3. The van der Waals surface area contributed by atoms with E-state index in [9.17, 15) is 0 Å². The Bertz CT molecular complexity index is 154. The van der Waals surface area contributed by atoms with Crippen LogP contribution in [0.15, 0.2) is 0 Å². The SMILES string of the molecule is C#CCCCCNCCOCCCOC. The van der Waals surface area contributed by atoms with E-state index < -0.39 is 0 Å². The molecule has 3 nitrogen and oxygen atoms in total. The van der Waals surface area contributed by atoms with Gasteiger partial charge in [-0.15, -0.1) is 12.3 Å². The molecule has 0 unspecified atom stereocenters. The Labute approximate surface area is 93.5 Å². The Morgan fingerprint density at radius 2 is 1.93 bits per heavy atom. The second-order valence-electron chi connectivity index (χ2n) is 3.37. The standard InChI is InChI=1S/C12H23NO2/c1-3-4-5-6-8-13-9-12-15-11-7-10-14-2/h1,13H,4-12H2,2H3. The Hall–Kier alpha value is -0.560. The summed E-state index contributed by atoms with van der Waals surface area (Å²) in [6.45, 7) is 4.29. The van der Waals surface area contributed by atoms with Gasteiger partial charge in [-0.1, -0.05) is 0 Å². The normalized spacial score (nSPS) is 10.1. The highest BCUT2D eigenvalue weighted by molar-refractivity contribution is 4.82. The first-order valence-electron chi connectivity index (χ1n) is 5.62. The van der Waals surface area contributed by atoms with E-state index in [0.717, 1.165) is 58.6 Å². The molecule has 88 valence electrons. The molecule has 0 aromatic rings. The summed E-state index contributed by atoms with van der Waals surface area (Å²) in [5, 5.41) is 3.31. The molecule has 0 fully saturated rings. The maximum Gasteiger partial charge on any atom is 0.0590 e. The first kappa shape index (κ1) is 14.4. The summed E-state index contributed by atoms with van der Waals surface area (Å²) in [7, 11) is 1.71. The predicted molar refractivity (Wildman–Crippen MR) is 62.9 cm³/mol. The largest absolute Gasteiger partial charge is 0.385 e. The Kier molecular flexibility index (Phi) is 12.9. The first-order chi connectivity index (χ1) is 7.41. The van der Waals surface area contributed by atoms with E-state index in [-0.39, 0.29) is 0 Å². The molecule has 0 amide bonds. The second-order valence-corrected chi connectivity index (χ2v) is 3.37. The molecule has 0 bridgehead atoms. The van der Waals surface area contributed by atoms with Crippen molar-refractivity contribution in [1.82, 2.24) is 5.32 Å². The zero-order chi connectivity index (χ0) is 11.2. The van der Waals surface area contributed by atoms with Crippen molar-refractivity contribution in [3.8, 4) is 12.3 Å². The van der Waals surface area contributed by atoms with Crippen molar-refractivity contribution in [3.05, 3.63) is 0 Å². The lowest BCUT2D eigenvalue weighted by Gasteiger charge is -2.05. The summed E-state index contributed by atoms with van der Waals surface area (Å²) in [5.41, 5.74) is 0. The molecule has 0 heterocycles. The van der Waals surface area contributed by atoms with E-state index in [2.05, 4.69) is 11.2 Å². The molecule has 0 aliphatic carbocycles. The molecule has 0 aromatic heterocycles. The molecule has 0 saturated carbocycles. The van der Waals surface area contributed by atoms with E-state index in [0.29, 0.717) is 0 Å². The van der Waals surface area contributed by atoms with Crippen molar-refractivity contribution in [2.45, 2.75) is 25.7 Å². The van der Waals surface area contributed by atoms with Crippen molar-refractivity contribution >= 4 is 0 Å². The monoisotopic (exact) mass is 213 g/mol. The van der Waals surface area contributed by atoms with Gasteiger partial charge in [0.05, 0.1) is 6.61 Å². The van der Waals surface area contributed by atoms with Crippen molar-refractivity contribution in [2.24, 2.45) is 0 Å². The van der Waals surface area contributed by atoms with E-state index >= 15 is 0 Å². The molecule has 15 heavy (non-hydrogen) atoms. The van der Waals surface area contributed by atoms with Crippen molar-refractivity contribution in [1.29, 1.82) is 0 Å². The van der Waals surface area contributed by atoms with E-state index in [1.165, 1.54) is 0 Å². The highest BCUT2D eigenvalue weighted by atomic mass is 16.5. The number of methoxy groups -OCH3 is 1. The van der Waals surface area contributed by atoms with Gasteiger partial charge >= 0.3 is 0 Å². The number of unbranched alkanes of at least 4 members (excludes halogenated alkanes) is 2. The minimum Gasteiger partial charge on any atom is -0.385 e. The summed E-state index contributed by atoms with van der Waals surface area (Å²) in [6.07, 6.45) is 9.26. The molecule has 0 spiro atoms. The van der Waals surface area contributed by atoms with Crippen molar-refractivity contribution in [3.63, 3.8) is 0 Å². The quantitative estimate of drug-likeness (QED) is 0.416. The highest BCUT2D eigenvalue weighted by Gasteiger charge is 1.90. The van der Waals surface area contributed by atoms with Crippen LogP contribution in [-0.4, -0.2) is 40.0 Å². The van der Waals surface area contributed by atoms with Gasteiger partial charge in [-0.3, -0.25) is 0 Å². The summed E-state index contributed by atoms with van der Waals surface area (Å²) in [4.78, 5) is 0. The third-order valence-corrected chi connectivity index (χ3v) is 1.98. The minimum atomic E-state index is 0.777. The van der Waals surface area contributed by atoms with Crippen LogP contribution < -0.4 is 5.32 Å². The summed E-state index contributed by atoms with van der Waals surface area (Å²) in [6, 6.07) is 0. The number of hydrogen-bond donors (Lipinski definition) is 1. The third-order valence-electron chi connectivity index (χ3n) is 1.98. The molecule has 0 rings (SSSR count). The molecular weight excluding hydrogens is 190 g/mol. The summed E-state index contributed by atoms with van der Waals surface area (Å²) < 4.78 is 10.3. The predicted octanol–water partition coefficient (Wildman–Crippen LogP) is 1.43. The van der Waals surface area contributed by atoms with Crippen LogP contribution in [0.25, 0.3) is 0 Å². The zero-order valence-corrected chi connectivity index (χ0v) is 9.76. The average molecular weight is 213 g/mol. The lowest BCUT2D eigenvalue weighted by atomic mass is 10.2. The number of terminal acetylenes is 1. The number of ether oxygens (including phenoxy) is 2. The fourth-order valence-electron chi connectivity index (χ4n) is 1.15. The second kappa shape index (κ2) is 13.4. The van der Waals surface area contributed by atoms with Gasteiger partial charge in [-0.2, -0.15) is 0 Å². The highest BCUT2D eigenvalue weighted by Crippen LogP contribution is 1.90. The lowest BCUT2D eigenvalue weighted by Crippen LogP contribution is -2.21. The maximum absolute atomic E-state index is 5.39. The fraction of sp³-hybridized carbons (Fsp3) is 0.833. The van der Waals surface area contributed by atoms with Crippen LogP contribution in [0.3, 0.4) is 0 Å². The van der Waals surface area contributed by atoms with Crippen LogP contribution >= 0.6 is 0 Å². The van der Waals surface area contributed by atoms with Gasteiger partial charge in [-0.25, -0.2) is 0 Å². The molecule has 0 atom stereocenters. The molecular formula is C12H23NO2. The smallest absolute Gasteiger partial charge is 0.0590 e. The summed E-state index contributed by atoms with van der Waals surface area (Å²) in [5.74, 6) is 2.63. The zero-order valence-electron chi connectivity index (χ0n) is 9.76. The molecule has 0 aromatic carbocycles. The van der Waals surface area contributed by atoms with Gasteiger partial charge in [-0.05, 0) is 25.8 Å². The molecule has 0 aliphatic heterocycles. The molecule has 0 radical (unpaired) electrons. The van der Waals surface area contributed by atoms with Gasteiger partial charge in [0.15, 0.2) is 0 Å². The molecule has 0 saturated heterocycles. The summed E-state index contributed by atoms with van der Waals surface area (Å²) >= 11 is 0. The van der Waals surface area contributed by atoms with Crippen LogP contribution in [-0.2, 0) is 9.47 Å². The van der Waals surface area contributed by atoms with E-state index in [1.54, 1.807) is 7.11 Å². The van der Waals surface area contributed by atoms with Crippen LogP contribution in [0.1, 0.15) is 25.7 Å². The van der Waals surface area contributed by atoms with E-state index in [4.69, 9.17) is 15.9 Å². The molecule has 3 heteroatoms. The molecule has 0 aliphatic rings. The van der Waals surface area contributed by atoms with Gasteiger partial charge in [0.1, 0.15) is 0 Å². The topological polar surface area (TPSA) is 30.5 Å². The van der Waals surface area contributed by atoms with Gasteiger partial charge in [0.25, 0.3) is 0 Å². The Morgan fingerprint density at radius 1 is 1.07 bits per heavy atom. The van der Waals surface area contributed by atoms with Crippen LogP contribution in [0.4, 0.5) is 0 Å². The first-order valence-corrected chi connectivity index (χ1v) is 5.62. The van der Waals surface area contributed by atoms with Crippen LogP contribution in [0.2, 0.25) is 0 Å².